The highest BCUT2D eigenvalue weighted by Crippen LogP contribution is 2.31. The number of carboxylic acids is 1. The van der Waals surface area contributed by atoms with Crippen molar-refractivity contribution in [1.29, 1.82) is 0 Å². The monoisotopic (exact) mass is 428 g/mol. The molecule has 29 heavy (non-hydrogen) atoms. The molecule has 0 aliphatic rings. The number of nitrogens with one attached hydrogen (secondary N) is 3. The van der Waals surface area contributed by atoms with Crippen molar-refractivity contribution in [2.24, 2.45) is 0 Å². The van der Waals surface area contributed by atoms with Crippen molar-refractivity contribution in [3.63, 3.8) is 0 Å². The van der Waals surface area contributed by atoms with E-state index in [1.807, 2.05) is 13.8 Å². The first-order valence-corrected chi connectivity index (χ1v) is 9.63. The third-order valence-electron chi connectivity index (χ3n) is 3.67. The molecule has 2 aromatic rings. The highest BCUT2D eigenvalue weighted by Gasteiger charge is 2.23. The Hall–Kier alpha value is -2.79. The molecule has 0 spiro atoms. The topological polar surface area (TPSA) is 113 Å². The van der Waals surface area contributed by atoms with Gasteiger partial charge in [0.15, 0.2) is 5.56 Å². The van der Waals surface area contributed by atoms with Crippen LogP contribution in [0.5, 0.6) is 5.88 Å². The Morgan fingerprint density at radius 2 is 2.03 bits per heavy atom. The fourth-order valence-corrected chi connectivity index (χ4v) is 2.98. The SMILES string of the molecule is CC(C)NCCCNC(=O)Nc1snc(OCc2ccc(F)cc2F)c1C(=O)O. The number of nitrogens with zero attached hydrogens (tertiary/aromatic N) is 1. The predicted octanol–water partition coefficient (Wildman–Crippen LogP) is 3.21. The maximum atomic E-state index is 13.7. The molecular weight excluding hydrogens is 406 g/mol. The molecule has 0 saturated carbocycles. The number of amides is 2. The maximum Gasteiger partial charge on any atom is 0.344 e. The second-order valence-corrected chi connectivity index (χ2v) is 7.14. The lowest BCUT2D eigenvalue weighted by atomic mass is 10.2. The number of hydrogen-bond acceptors (Lipinski definition) is 6. The third-order valence-corrected chi connectivity index (χ3v) is 4.42. The van der Waals surface area contributed by atoms with Crippen LogP contribution >= 0.6 is 11.5 Å². The number of hydrogen-bond donors (Lipinski definition) is 4. The summed E-state index contributed by atoms with van der Waals surface area (Å²) in [6, 6.07) is 2.73. The summed E-state index contributed by atoms with van der Waals surface area (Å²) in [4.78, 5) is 23.5. The van der Waals surface area contributed by atoms with E-state index in [4.69, 9.17) is 4.74 Å². The number of aromatic nitrogens is 1. The molecule has 0 bridgehead atoms. The first-order valence-electron chi connectivity index (χ1n) is 8.85. The Morgan fingerprint density at radius 1 is 1.28 bits per heavy atom. The summed E-state index contributed by atoms with van der Waals surface area (Å²) < 4.78 is 35.8. The normalized spacial score (nSPS) is 10.8. The summed E-state index contributed by atoms with van der Waals surface area (Å²) in [6.07, 6.45) is 0.706. The Morgan fingerprint density at radius 3 is 2.69 bits per heavy atom. The lowest BCUT2D eigenvalue weighted by Gasteiger charge is -2.09. The van der Waals surface area contributed by atoms with Crippen LogP contribution in [0.2, 0.25) is 0 Å². The minimum atomic E-state index is -1.36. The molecule has 2 amide bonds. The van der Waals surface area contributed by atoms with Crippen LogP contribution in [0, 0.1) is 11.6 Å². The van der Waals surface area contributed by atoms with E-state index in [-0.39, 0.29) is 28.6 Å². The minimum absolute atomic E-state index is 0.00937. The fraction of sp³-hybridized carbons (Fsp3) is 0.389. The van der Waals surface area contributed by atoms with E-state index < -0.39 is 23.6 Å². The van der Waals surface area contributed by atoms with Crippen molar-refractivity contribution in [3.8, 4) is 5.88 Å². The molecule has 0 fully saturated rings. The van der Waals surface area contributed by atoms with Gasteiger partial charge < -0.3 is 20.5 Å². The number of carbonyl (C=O) groups is 2. The van der Waals surface area contributed by atoms with E-state index in [9.17, 15) is 23.5 Å². The molecule has 1 aromatic heterocycles. The largest absolute Gasteiger partial charge is 0.477 e. The Balaban J connectivity index is 1.95. The number of urea groups is 1. The summed E-state index contributed by atoms with van der Waals surface area (Å²) in [6.45, 7) is 4.82. The molecule has 2 rings (SSSR count). The molecule has 0 unspecified atom stereocenters. The number of carboxylic acid groups (broad SMARTS) is 1. The van der Waals surface area contributed by atoms with Gasteiger partial charge in [0.1, 0.15) is 23.2 Å². The molecule has 1 heterocycles. The summed E-state index contributed by atoms with van der Waals surface area (Å²) in [5.41, 5.74) is -0.299. The van der Waals surface area contributed by atoms with Gasteiger partial charge in [0.2, 0.25) is 5.88 Å². The maximum absolute atomic E-state index is 13.7. The van der Waals surface area contributed by atoms with E-state index >= 15 is 0 Å². The Kier molecular flexibility index (Phi) is 8.28. The Labute approximate surface area is 170 Å². The van der Waals surface area contributed by atoms with E-state index in [0.29, 0.717) is 25.1 Å². The minimum Gasteiger partial charge on any atom is -0.477 e. The van der Waals surface area contributed by atoms with Crippen LogP contribution in [-0.2, 0) is 6.61 Å². The van der Waals surface area contributed by atoms with Gasteiger partial charge >= 0.3 is 12.0 Å². The zero-order chi connectivity index (χ0) is 21.4. The summed E-state index contributed by atoms with van der Waals surface area (Å²) in [5.74, 6) is -3.17. The predicted molar refractivity (Wildman–Crippen MR) is 105 cm³/mol. The molecule has 0 aliphatic heterocycles. The molecule has 0 radical (unpaired) electrons. The van der Waals surface area contributed by atoms with E-state index in [1.165, 1.54) is 6.07 Å². The van der Waals surface area contributed by atoms with Crippen molar-refractivity contribution in [1.82, 2.24) is 15.0 Å². The van der Waals surface area contributed by atoms with E-state index in [1.54, 1.807) is 0 Å². The number of carbonyl (C=O) groups excluding carboxylic acids is 1. The standard InChI is InChI=1S/C18H22F2N4O4S/c1-10(2)21-6-3-7-22-18(27)23-16-14(17(25)26)15(24-29-16)28-9-11-4-5-12(19)8-13(11)20/h4-5,8,10,21H,3,6-7,9H2,1-2H3,(H,25,26)(H2,22,23,27). The highest BCUT2D eigenvalue weighted by molar-refractivity contribution is 7.11. The van der Waals surface area contributed by atoms with Gasteiger partial charge in [-0.1, -0.05) is 13.8 Å². The van der Waals surface area contributed by atoms with Crippen LogP contribution in [0.4, 0.5) is 18.6 Å². The zero-order valence-electron chi connectivity index (χ0n) is 15.9. The first-order chi connectivity index (χ1) is 13.8. The summed E-state index contributed by atoms with van der Waals surface area (Å²) in [5, 5.41) is 17.7. The number of benzene rings is 1. The molecule has 0 aliphatic carbocycles. The lowest BCUT2D eigenvalue weighted by molar-refractivity contribution is 0.0693. The summed E-state index contributed by atoms with van der Waals surface area (Å²) >= 11 is 0.728. The zero-order valence-corrected chi connectivity index (χ0v) is 16.7. The second-order valence-electron chi connectivity index (χ2n) is 6.36. The Bertz CT molecular complexity index is 860. The molecule has 0 saturated heterocycles. The third kappa shape index (κ3) is 6.95. The first kappa shape index (κ1) is 22.5. The van der Waals surface area contributed by atoms with Gasteiger partial charge in [0.05, 0.1) is 0 Å². The van der Waals surface area contributed by atoms with Crippen molar-refractivity contribution in [2.75, 3.05) is 18.4 Å². The van der Waals surface area contributed by atoms with Crippen LogP contribution in [0.25, 0.3) is 0 Å². The fourth-order valence-electron chi connectivity index (χ4n) is 2.26. The van der Waals surface area contributed by atoms with Gasteiger partial charge in [0.25, 0.3) is 0 Å². The van der Waals surface area contributed by atoms with Gasteiger partial charge in [-0.15, -0.1) is 0 Å². The molecule has 4 N–H and O–H groups in total. The van der Waals surface area contributed by atoms with Crippen LogP contribution in [0.15, 0.2) is 18.2 Å². The summed E-state index contributed by atoms with van der Waals surface area (Å²) in [7, 11) is 0. The van der Waals surface area contributed by atoms with Crippen LogP contribution in [0.1, 0.15) is 36.2 Å². The molecular formula is C18H22F2N4O4S. The average Bonchev–Trinajstić information content (AvgIpc) is 3.03. The quantitative estimate of drug-likeness (QED) is 0.432. The molecule has 158 valence electrons. The smallest absolute Gasteiger partial charge is 0.344 e. The van der Waals surface area contributed by atoms with E-state index in [2.05, 4.69) is 20.3 Å². The molecule has 11 heteroatoms. The lowest BCUT2D eigenvalue weighted by Crippen LogP contribution is -2.32. The van der Waals surface area contributed by atoms with Crippen LogP contribution in [-0.4, -0.2) is 40.6 Å². The molecule has 1 aromatic carbocycles. The number of anilines is 1. The van der Waals surface area contributed by atoms with Crippen LogP contribution < -0.4 is 20.7 Å². The van der Waals surface area contributed by atoms with Crippen molar-refractivity contribution in [3.05, 3.63) is 41.0 Å². The van der Waals surface area contributed by atoms with Gasteiger partial charge in [-0.05, 0) is 36.6 Å². The van der Waals surface area contributed by atoms with Crippen molar-refractivity contribution >= 4 is 28.5 Å². The van der Waals surface area contributed by atoms with Gasteiger partial charge in [-0.3, -0.25) is 5.32 Å². The number of aromatic carboxylic acids is 1. The number of halogens is 2. The second kappa shape index (κ2) is 10.7. The number of ether oxygens (including phenoxy) is 1. The van der Waals surface area contributed by atoms with Crippen molar-refractivity contribution in [2.45, 2.75) is 32.9 Å². The molecule has 0 atom stereocenters. The highest BCUT2D eigenvalue weighted by atomic mass is 32.1. The van der Waals surface area contributed by atoms with Crippen LogP contribution in [0.3, 0.4) is 0 Å². The van der Waals surface area contributed by atoms with Gasteiger partial charge in [-0.25, -0.2) is 18.4 Å². The van der Waals surface area contributed by atoms with Gasteiger partial charge in [0, 0.05) is 24.2 Å². The van der Waals surface area contributed by atoms with Gasteiger partial charge in [-0.2, -0.15) is 4.37 Å². The van der Waals surface area contributed by atoms with Crippen molar-refractivity contribution < 1.29 is 28.2 Å². The average molecular weight is 428 g/mol. The number of rotatable bonds is 10. The molecule has 8 nitrogen and oxygen atoms in total. The van der Waals surface area contributed by atoms with E-state index in [0.717, 1.165) is 24.1 Å².